The number of piperidine rings is 3. The molecule has 2 aromatic rings. The molecule has 3 saturated heterocycles. The molecule has 0 aliphatic carbocycles. The number of anilines is 2. The Morgan fingerprint density at radius 1 is 1.04 bits per heavy atom. The fourth-order valence-electron chi connectivity index (χ4n) is 4.83. The summed E-state index contributed by atoms with van der Waals surface area (Å²) in [7, 11) is 0. The average Bonchev–Trinajstić information content (AvgIpc) is 2.76. The maximum Gasteiger partial charge on any atom is 0.0735 e. The van der Waals surface area contributed by atoms with Crippen LogP contribution in [0.15, 0.2) is 52.3 Å². The molecule has 3 nitrogen and oxygen atoms in total. The Bertz CT molecular complexity index is 831. The molecule has 0 N–H and O–H groups in total. The Kier molecular flexibility index (Phi) is 5.36. The number of unbranched alkanes of at least 4 members (excludes halogenated alkanes) is 1. The van der Waals surface area contributed by atoms with E-state index in [-0.39, 0.29) is 0 Å². The van der Waals surface area contributed by atoms with Crippen LogP contribution in [0.25, 0.3) is 0 Å². The highest BCUT2D eigenvalue weighted by Crippen LogP contribution is 2.48. The molecule has 0 radical (unpaired) electrons. The monoisotopic (exact) mass is 394 g/mol. The predicted molar refractivity (Wildman–Crippen MR) is 117 cm³/mol. The van der Waals surface area contributed by atoms with E-state index in [2.05, 4.69) is 59.2 Å². The summed E-state index contributed by atoms with van der Waals surface area (Å²) in [5.41, 5.74) is 4.01. The van der Waals surface area contributed by atoms with Crippen LogP contribution >= 0.6 is 11.8 Å². The van der Waals surface area contributed by atoms with Crippen LogP contribution in [0.5, 0.6) is 0 Å². The molecule has 28 heavy (non-hydrogen) atoms. The van der Waals surface area contributed by atoms with Crippen molar-refractivity contribution in [2.24, 2.45) is 5.92 Å². The standard InChI is InChI=1S/C24H30N2OS/c1-2-3-12-26-20-6-4-5-7-23(20)28-24-15-18(8-9-21(24)26)17-27-22-16-25-13-10-19(22)11-14-25/h4-9,15,19,22H,2-3,10-14,16-17H2,1H3/t22-/m0/s1. The van der Waals surface area contributed by atoms with Gasteiger partial charge < -0.3 is 14.5 Å². The molecule has 3 fully saturated rings. The first-order valence-electron chi connectivity index (χ1n) is 10.8. The van der Waals surface area contributed by atoms with Gasteiger partial charge in [-0.2, -0.15) is 0 Å². The maximum absolute atomic E-state index is 6.39. The molecular formula is C24H30N2OS. The molecule has 0 saturated carbocycles. The van der Waals surface area contributed by atoms with Crippen molar-refractivity contribution in [2.75, 3.05) is 31.1 Å². The maximum atomic E-state index is 6.39. The molecule has 0 unspecified atom stereocenters. The molecule has 1 atom stereocenters. The Balaban J connectivity index is 1.33. The highest BCUT2D eigenvalue weighted by Gasteiger charge is 2.34. The van der Waals surface area contributed by atoms with E-state index in [0.29, 0.717) is 6.10 Å². The van der Waals surface area contributed by atoms with E-state index in [1.54, 1.807) is 0 Å². The second-order valence-corrected chi connectivity index (χ2v) is 9.45. The summed E-state index contributed by atoms with van der Waals surface area (Å²) in [6.45, 7) is 7.75. The highest BCUT2D eigenvalue weighted by atomic mass is 32.2. The number of fused-ring (bicyclic) bond motifs is 5. The zero-order valence-corrected chi connectivity index (χ0v) is 17.6. The summed E-state index contributed by atoms with van der Waals surface area (Å²) in [4.78, 5) is 7.80. The molecule has 0 aromatic heterocycles. The van der Waals surface area contributed by atoms with Crippen LogP contribution in [0.1, 0.15) is 38.2 Å². The van der Waals surface area contributed by atoms with Crippen LogP contribution in [0.2, 0.25) is 0 Å². The minimum absolute atomic E-state index is 0.424. The molecule has 148 valence electrons. The van der Waals surface area contributed by atoms with Crippen molar-refractivity contribution in [3.05, 3.63) is 48.0 Å². The van der Waals surface area contributed by atoms with Crippen LogP contribution in [0, 0.1) is 5.92 Å². The lowest BCUT2D eigenvalue weighted by molar-refractivity contribution is -0.0766. The molecular weight excluding hydrogens is 364 g/mol. The van der Waals surface area contributed by atoms with Crippen LogP contribution in [0.4, 0.5) is 11.4 Å². The lowest BCUT2D eigenvalue weighted by atomic mass is 9.86. The van der Waals surface area contributed by atoms with Crippen molar-refractivity contribution in [1.82, 2.24) is 4.90 Å². The van der Waals surface area contributed by atoms with Gasteiger partial charge in [0.1, 0.15) is 0 Å². The topological polar surface area (TPSA) is 15.7 Å². The van der Waals surface area contributed by atoms with Crippen LogP contribution in [0.3, 0.4) is 0 Å². The minimum Gasteiger partial charge on any atom is -0.372 e. The van der Waals surface area contributed by atoms with Gasteiger partial charge in [-0.3, -0.25) is 0 Å². The SMILES string of the molecule is CCCCN1c2ccccc2Sc2cc(CO[C@H]3CN4CCC3CC4)ccc21. The summed E-state index contributed by atoms with van der Waals surface area (Å²) in [6, 6.07) is 15.7. The third-order valence-corrected chi connectivity index (χ3v) is 7.60. The second-order valence-electron chi connectivity index (χ2n) is 8.36. The first-order chi connectivity index (χ1) is 13.8. The van der Waals surface area contributed by atoms with Crippen molar-refractivity contribution in [3.8, 4) is 0 Å². The summed E-state index contributed by atoms with van der Waals surface area (Å²) in [6.07, 6.45) is 5.48. The Hall–Kier alpha value is -1.49. The molecule has 0 spiro atoms. The lowest BCUT2D eigenvalue weighted by Crippen LogP contribution is -2.51. The zero-order chi connectivity index (χ0) is 18.9. The van der Waals surface area contributed by atoms with Gasteiger partial charge in [-0.15, -0.1) is 0 Å². The first-order valence-corrected chi connectivity index (χ1v) is 11.6. The van der Waals surface area contributed by atoms with Crippen molar-refractivity contribution < 1.29 is 4.74 Å². The number of rotatable bonds is 6. The average molecular weight is 395 g/mol. The van der Waals surface area contributed by atoms with Gasteiger partial charge in [0.2, 0.25) is 0 Å². The number of hydrogen-bond donors (Lipinski definition) is 0. The van der Waals surface area contributed by atoms with E-state index in [1.165, 1.54) is 65.5 Å². The zero-order valence-electron chi connectivity index (χ0n) is 16.8. The molecule has 4 heteroatoms. The Morgan fingerprint density at radius 3 is 2.64 bits per heavy atom. The van der Waals surface area contributed by atoms with E-state index >= 15 is 0 Å². The van der Waals surface area contributed by atoms with E-state index in [0.717, 1.165) is 25.6 Å². The largest absolute Gasteiger partial charge is 0.372 e. The minimum atomic E-state index is 0.424. The molecule has 2 bridgehead atoms. The van der Waals surface area contributed by atoms with Crippen molar-refractivity contribution >= 4 is 23.1 Å². The number of para-hydroxylation sites is 1. The fourth-order valence-corrected chi connectivity index (χ4v) is 5.99. The van der Waals surface area contributed by atoms with Gasteiger partial charge in [0.05, 0.1) is 24.1 Å². The third kappa shape index (κ3) is 3.58. The second kappa shape index (κ2) is 8.10. The van der Waals surface area contributed by atoms with Crippen molar-refractivity contribution in [3.63, 3.8) is 0 Å². The van der Waals surface area contributed by atoms with Gasteiger partial charge in [0, 0.05) is 22.9 Å². The Labute approximate surface area is 173 Å². The van der Waals surface area contributed by atoms with Gasteiger partial charge in [0.15, 0.2) is 0 Å². The molecule has 2 aromatic carbocycles. The smallest absolute Gasteiger partial charge is 0.0735 e. The van der Waals surface area contributed by atoms with Gasteiger partial charge >= 0.3 is 0 Å². The molecule has 4 aliphatic rings. The normalized spacial score (nSPS) is 25.5. The van der Waals surface area contributed by atoms with Crippen molar-refractivity contribution in [1.29, 1.82) is 0 Å². The molecule has 4 aliphatic heterocycles. The van der Waals surface area contributed by atoms with Crippen LogP contribution < -0.4 is 4.90 Å². The summed E-state index contributed by atoms with van der Waals surface area (Å²) in [5, 5.41) is 0. The summed E-state index contributed by atoms with van der Waals surface area (Å²) >= 11 is 1.90. The summed E-state index contributed by atoms with van der Waals surface area (Å²) in [5.74, 6) is 0.772. The van der Waals surface area contributed by atoms with Gasteiger partial charge in [0.25, 0.3) is 0 Å². The lowest BCUT2D eigenvalue weighted by Gasteiger charge is -2.44. The highest BCUT2D eigenvalue weighted by molar-refractivity contribution is 7.99. The van der Waals surface area contributed by atoms with E-state index in [1.807, 2.05) is 11.8 Å². The van der Waals surface area contributed by atoms with Crippen LogP contribution in [-0.4, -0.2) is 37.2 Å². The van der Waals surface area contributed by atoms with E-state index in [9.17, 15) is 0 Å². The number of hydrogen-bond acceptors (Lipinski definition) is 4. The molecule has 0 amide bonds. The Morgan fingerprint density at radius 2 is 1.86 bits per heavy atom. The first kappa shape index (κ1) is 18.5. The van der Waals surface area contributed by atoms with Gasteiger partial charge in [-0.05, 0) is 68.1 Å². The fraction of sp³-hybridized carbons (Fsp3) is 0.500. The van der Waals surface area contributed by atoms with Gasteiger partial charge in [-0.25, -0.2) is 0 Å². The van der Waals surface area contributed by atoms with Gasteiger partial charge in [-0.1, -0.05) is 43.3 Å². The van der Waals surface area contributed by atoms with E-state index < -0.39 is 0 Å². The van der Waals surface area contributed by atoms with E-state index in [4.69, 9.17) is 4.74 Å². The number of ether oxygens (including phenoxy) is 1. The third-order valence-electron chi connectivity index (χ3n) is 6.49. The van der Waals surface area contributed by atoms with Crippen LogP contribution in [-0.2, 0) is 11.3 Å². The molecule has 4 heterocycles. The summed E-state index contributed by atoms with van der Waals surface area (Å²) < 4.78 is 6.39. The predicted octanol–water partition coefficient (Wildman–Crippen LogP) is 5.70. The number of benzene rings is 2. The quantitative estimate of drug-likeness (QED) is 0.624. The number of nitrogens with zero attached hydrogens (tertiary/aromatic N) is 2. The van der Waals surface area contributed by atoms with Crippen molar-refractivity contribution in [2.45, 2.75) is 55.1 Å². The molecule has 6 rings (SSSR count).